The number of benzene rings is 1. The number of hydrogen-bond donors (Lipinski definition) is 0. The van der Waals surface area contributed by atoms with Crippen LogP contribution in [0, 0.1) is 5.41 Å². The molecule has 0 spiro atoms. The minimum absolute atomic E-state index is 0.173. The zero-order chi connectivity index (χ0) is 11.5. The van der Waals surface area contributed by atoms with E-state index in [1.165, 1.54) is 0 Å². The minimum Gasteiger partial charge on any atom is -0.341 e. The Morgan fingerprint density at radius 3 is 2.20 bits per heavy atom. The number of carbonyl (C=O) groups is 1. The first-order valence-corrected chi connectivity index (χ1v) is 5.21. The summed E-state index contributed by atoms with van der Waals surface area (Å²) in [5.74, 6) is 0.173. The predicted octanol–water partition coefficient (Wildman–Crippen LogP) is 2.69. The van der Waals surface area contributed by atoms with Gasteiger partial charge in [0.25, 0.3) is 0 Å². The molecule has 1 aromatic carbocycles. The van der Waals surface area contributed by atoms with Gasteiger partial charge in [0, 0.05) is 19.0 Å². The molecular weight excluding hydrogens is 186 g/mol. The summed E-state index contributed by atoms with van der Waals surface area (Å²) >= 11 is 0. The summed E-state index contributed by atoms with van der Waals surface area (Å²) in [4.78, 5) is 13.7. The Morgan fingerprint density at radius 1 is 1.20 bits per heavy atom. The van der Waals surface area contributed by atoms with Crippen LogP contribution in [0.1, 0.15) is 26.3 Å². The van der Waals surface area contributed by atoms with Crippen molar-refractivity contribution < 1.29 is 4.79 Å². The zero-order valence-electron chi connectivity index (χ0n) is 9.95. The van der Waals surface area contributed by atoms with Crippen molar-refractivity contribution in [3.8, 4) is 0 Å². The van der Waals surface area contributed by atoms with Crippen molar-refractivity contribution in [3.05, 3.63) is 35.9 Å². The molecule has 82 valence electrons. The highest BCUT2D eigenvalue weighted by molar-refractivity contribution is 5.81. The smallest absolute Gasteiger partial charge is 0.227 e. The third-order valence-electron chi connectivity index (χ3n) is 2.25. The highest BCUT2D eigenvalue weighted by Crippen LogP contribution is 2.17. The fourth-order valence-electron chi connectivity index (χ4n) is 1.50. The van der Waals surface area contributed by atoms with Gasteiger partial charge in [0.05, 0.1) is 0 Å². The first-order chi connectivity index (χ1) is 6.91. The molecule has 2 nitrogen and oxygen atoms in total. The van der Waals surface area contributed by atoms with Gasteiger partial charge in [0.15, 0.2) is 0 Å². The Bertz CT molecular complexity index is 324. The zero-order valence-corrected chi connectivity index (χ0v) is 9.95. The molecule has 0 aliphatic carbocycles. The molecule has 0 unspecified atom stereocenters. The van der Waals surface area contributed by atoms with Gasteiger partial charge in [-0.1, -0.05) is 51.1 Å². The molecule has 0 aromatic heterocycles. The van der Waals surface area contributed by atoms with Crippen molar-refractivity contribution in [3.63, 3.8) is 0 Å². The Hall–Kier alpha value is -1.31. The van der Waals surface area contributed by atoms with E-state index in [1.807, 2.05) is 58.2 Å². The summed E-state index contributed by atoms with van der Waals surface area (Å²) in [5, 5.41) is 0. The van der Waals surface area contributed by atoms with Crippen molar-refractivity contribution in [2.24, 2.45) is 5.41 Å². The second-order valence-corrected chi connectivity index (χ2v) is 4.90. The summed E-state index contributed by atoms with van der Waals surface area (Å²) < 4.78 is 0. The standard InChI is InChI=1S/C13H19NO/c1-13(2,3)12(15)14(4)10-11-8-6-5-7-9-11/h5-9H,10H2,1-4H3. The van der Waals surface area contributed by atoms with E-state index in [0.717, 1.165) is 5.56 Å². The Balaban J connectivity index is 2.65. The van der Waals surface area contributed by atoms with Crippen LogP contribution in [0.15, 0.2) is 30.3 Å². The molecular formula is C13H19NO. The summed E-state index contributed by atoms with van der Waals surface area (Å²) in [7, 11) is 1.85. The van der Waals surface area contributed by atoms with E-state index < -0.39 is 0 Å². The largest absolute Gasteiger partial charge is 0.341 e. The molecule has 15 heavy (non-hydrogen) atoms. The van der Waals surface area contributed by atoms with Crippen LogP contribution in [0.25, 0.3) is 0 Å². The fourth-order valence-corrected chi connectivity index (χ4v) is 1.50. The molecule has 1 rings (SSSR count). The monoisotopic (exact) mass is 205 g/mol. The molecule has 0 heterocycles. The second kappa shape index (κ2) is 4.47. The van der Waals surface area contributed by atoms with E-state index in [4.69, 9.17) is 0 Å². The summed E-state index contributed by atoms with van der Waals surface area (Å²) in [5.41, 5.74) is 0.862. The molecule has 0 saturated heterocycles. The lowest BCUT2D eigenvalue weighted by atomic mass is 9.95. The number of rotatable bonds is 2. The summed E-state index contributed by atoms with van der Waals surface area (Å²) in [6.07, 6.45) is 0. The van der Waals surface area contributed by atoms with Gasteiger partial charge in [0.1, 0.15) is 0 Å². The maximum absolute atomic E-state index is 11.9. The number of amides is 1. The van der Waals surface area contributed by atoms with Gasteiger partial charge in [0.2, 0.25) is 5.91 Å². The third-order valence-corrected chi connectivity index (χ3v) is 2.25. The van der Waals surface area contributed by atoms with Crippen molar-refractivity contribution >= 4 is 5.91 Å². The van der Waals surface area contributed by atoms with E-state index in [1.54, 1.807) is 4.90 Å². The van der Waals surface area contributed by atoms with Crippen molar-refractivity contribution in [2.75, 3.05) is 7.05 Å². The highest BCUT2D eigenvalue weighted by atomic mass is 16.2. The van der Waals surface area contributed by atoms with Crippen LogP contribution in [-0.4, -0.2) is 17.9 Å². The number of carbonyl (C=O) groups excluding carboxylic acids is 1. The lowest BCUT2D eigenvalue weighted by Gasteiger charge is -2.26. The van der Waals surface area contributed by atoms with Crippen molar-refractivity contribution in [1.82, 2.24) is 4.90 Å². The molecule has 0 N–H and O–H groups in total. The van der Waals surface area contributed by atoms with Crippen LogP contribution in [0.4, 0.5) is 0 Å². The van der Waals surface area contributed by atoms with Gasteiger partial charge in [-0.3, -0.25) is 4.79 Å². The molecule has 2 heteroatoms. The molecule has 0 atom stereocenters. The first kappa shape index (κ1) is 11.8. The molecule has 0 bridgehead atoms. The molecule has 0 aliphatic rings. The molecule has 0 aliphatic heterocycles. The SMILES string of the molecule is CN(Cc1ccccc1)C(=O)C(C)(C)C. The normalized spacial score (nSPS) is 11.2. The van der Waals surface area contributed by atoms with Gasteiger partial charge in [-0.25, -0.2) is 0 Å². The van der Waals surface area contributed by atoms with Crippen molar-refractivity contribution in [2.45, 2.75) is 27.3 Å². The molecule has 1 amide bonds. The van der Waals surface area contributed by atoms with Crippen LogP contribution in [0.5, 0.6) is 0 Å². The average molecular weight is 205 g/mol. The Labute approximate surface area is 91.9 Å². The number of hydrogen-bond acceptors (Lipinski definition) is 1. The van der Waals surface area contributed by atoms with E-state index in [2.05, 4.69) is 0 Å². The average Bonchev–Trinajstić information content (AvgIpc) is 2.16. The summed E-state index contributed by atoms with van der Waals surface area (Å²) in [6.45, 7) is 6.50. The molecule has 0 fully saturated rings. The lowest BCUT2D eigenvalue weighted by molar-refractivity contribution is -0.138. The van der Waals surface area contributed by atoms with Crippen molar-refractivity contribution in [1.29, 1.82) is 0 Å². The van der Waals surface area contributed by atoms with Crippen LogP contribution >= 0.6 is 0 Å². The predicted molar refractivity (Wildman–Crippen MR) is 62.4 cm³/mol. The van der Waals surface area contributed by atoms with Crippen LogP contribution in [-0.2, 0) is 11.3 Å². The van der Waals surface area contributed by atoms with E-state index in [0.29, 0.717) is 6.54 Å². The molecule has 0 radical (unpaired) electrons. The van der Waals surface area contributed by atoms with Gasteiger partial charge in [-0.2, -0.15) is 0 Å². The van der Waals surface area contributed by atoms with Gasteiger partial charge >= 0.3 is 0 Å². The lowest BCUT2D eigenvalue weighted by Crippen LogP contribution is -2.36. The third kappa shape index (κ3) is 3.39. The Kier molecular flexibility index (Phi) is 3.51. The van der Waals surface area contributed by atoms with Crippen LogP contribution < -0.4 is 0 Å². The van der Waals surface area contributed by atoms with Crippen LogP contribution in [0.2, 0.25) is 0 Å². The Morgan fingerprint density at radius 2 is 1.73 bits per heavy atom. The van der Waals surface area contributed by atoms with Gasteiger partial charge in [-0.15, -0.1) is 0 Å². The maximum atomic E-state index is 11.9. The van der Waals surface area contributed by atoms with E-state index >= 15 is 0 Å². The molecule has 1 aromatic rings. The minimum atomic E-state index is -0.302. The quantitative estimate of drug-likeness (QED) is 0.727. The van der Waals surface area contributed by atoms with E-state index in [9.17, 15) is 4.79 Å². The summed E-state index contributed by atoms with van der Waals surface area (Å²) in [6, 6.07) is 10.0. The highest BCUT2D eigenvalue weighted by Gasteiger charge is 2.24. The van der Waals surface area contributed by atoms with Gasteiger partial charge in [-0.05, 0) is 5.56 Å². The van der Waals surface area contributed by atoms with E-state index in [-0.39, 0.29) is 11.3 Å². The number of nitrogens with zero attached hydrogens (tertiary/aromatic N) is 1. The fraction of sp³-hybridized carbons (Fsp3) is 0.462. The maximum Gasteiger partial charge on any atom is 0.227 e. The topological polar surface area (TPSA) is 20.3 Å². The first-order valence-electron chi connectivity index (χ1n) is 5.21. The molecule has 0 saturated carbocycles. The van der Waals surface area contributed by atoms with Crippen LogP contribution in [0.3, 0.4) is 0 Å². The van der Waals surface area contributed by atoms with Gasteiger partial charge < -0.3 is 4.90 Å². The second-order valence-electron chi connectivity index (χ2n) is 4.90.